The fourth-order valence-corrected chi connectivity index (χ4v) is 1.51. The monoisotopic (exact) mass is 262 g/mol. The van der Waals surface area contributed by atoms with Crippen molar-refractivity contribution in [1.82, 2.24) is 14.8 Å². The second kappa shape index (κ2) is 5.14. The lowest BCUT2D eigenvalue weighted by atomic mass is 10.3. The summed E-state index contributed by atoms with van der Waals surface area (Å²) in [5, 5.41) is 4.19. The Kier molecular flexibility index (Phi) is 3.57. The highest BCUT2D eigenvalue weighted by Crippen LogP contribution is 2.21. The van der Waals surface area contributed by atoms with Crippen LogP contribution < -0.4 is 10.5 Å². The molecular formula is C12H14N4OS. The van der Waals surface area contributed by atoms with Crippen molar-refractivity contribution in [2.24, 2.45) is 5.73 Å². The van der Waals surface area contributed by atoms with E-state index in [9.17, 15) is 0 Å². The molecule has 5 nitrogen and oxygen atoms in total. The average molecular weight is 262 g/mol. The number of aromatic nitrogens is 3. The molecule has 18 heavy (non-hydrogen) atoms. The van der Waals surface area contributed by atoms with Crippen LogP contribution in [0.15, 0.2) is 30.7 Å². The minimum absolute atomic E-state index is 0.248. The molecule has 0 fully saturated rings. The van der Waals surface area contributed by atoms with Crippen LogP contribution in [0.3, 0.4) is 0 Å². The Hall–Kier alpha value is -1.95. The predicted molar refractivity (Wildman–Crippen MR) is 72.8 cm³/mol. The lowest BCUT2D eigenvalue weighted by Gasteiger charge is -2.05. The molecular weight excluding hydrogens is 248 g/mol. The first-order chi connectivity index (χ1) is 8.56. The number of pyridine rings is 1. The Labute approximate surface area is 111 Å². The van der Waals surface area contributed by atoms with Crippen molar-refractivity contribution in [3.05, 3.63) is 36.4 Å². The summed E-state index contributed by atoms with van der Waals surface area (Å²) >= 11 is 4.87. The molecule has 6 heteroatoms. The third-order valence-corrected chi connectivity index (χ3v) is 2.54. The van der Waals surface area contributed by atoms with Gasteiger partial charge in [-0.05, 0) is 19.9 Å². The molecule has 0 aromatic carbocycles. The summed E-state index contributed by atoms with van der Waals surface area (Å²) in [6.45, 7) is 4.10. The van der Waals surface area contributed by atoms with Crippen LogP contribution in [0.4, 0.5) is 0 Å². The second-order valence-corrected chi connectivity index (χ2v) is 4.53. The summed E-state index contributed by atoms with van der Waals surface area (Å²) in [5.41, 5.74) is 6.06. The number of nitrogens with zero attached hydrogens (tertiary/aromatic N) is 3. The van der Waals surface area contributed by atoms with E-state index in [-0.39, 0.29) is 4.99 Å². The lowest BCUT2D eigenvalue weighted by molar-refractivity contribution is 0.476. The van der Waals surface area contributed by atoms with E-state index in [1.807, 2.05) is 24.7 Å². The van der Waals surface area contributed by atoms with Gasteiger partial charge in [-0.2, -0.15) is 5.10 Å². The molecule has 0 aliphatic carbocycles. The maximum Gasteiger partial charge on any atom is 0.165 e. The van der Waals surface area contributed by atoms with Gasteiger partial charge in [0.05, 0.1) is 12.4 Å². The number of ether oxygens (including phenoxy) is 1. The van der Waals surface area contributed by atoms with Crippen molar-refractivity contribution in [3.63, 3.8) is 0 Å². The van der Waals surface area contributed by atoms with Crippen molar-refractivity contribution in [2.75, 3.05) is 0 Å². The van der Waals surface area contributed by atoms with Gasteiger partial charge < -0.3 is 10.5 Å². The Morgan fingerprint density at radius 2 is 2.22 bits per heavy atom. The molecule has 0 amide bonds. The lowest BCUT2D eigenvalue weighted by Crippen LogP contribution is -2.11. The molecule has 2 rings (SSSR count). The van der Waals surface area contributed by atoms with E-state index in [4.69, 9.17) is 22.7 Å². The zero-order chi connectivity index (χ0) is 13.1. The molecule has 94 valence electrons. The largest absolute Gasteiger partial charge is 0.454 e. The van der Waals surface area contributed by atoms with E-state index < -0.39 is 0 Å². The molecule has 0 saturated carbocycles. The summed E-state index contributed by atoms with van der Waals surface area (Å²) in [6.07, 6.45) is 5.11. The zero-order valence-electron chi connectivity index (χ0n) is 10.2. The van der Waals surface area contributed by atoms with E-state index >= 15 is 0 Å². The maximum absolute atomic E-state index is 5.66. The smallest absolute Gasteiger partial charge is 0.165 e. The Morgan fingerprint density at radius 3 is 2.83 bits per heavy atom. The minimum Gasteiger partial charge on any atom is -0.454 e. The fourth-order valence-electron chi connectivity index (χ4n) is 1.40. The molecule has 0 spiro atoms. The van der Waals surface area contributed by atoms with Crippen molar-refractivity contribution >= 4 is 17.2 Å². The van der Waals surface area contributed by atoms with Gasteiger partial charge in [0, 0.05) is 18.3 Å². The summed E-state index contributed by atoms with van der Waals surface area (Å²) in [5.74, 6) is 1.31. The van der Waals surface area contributed by atoms with Crippen molar-refractivity contribution in [3.8, 4) is 11.5 Å². The van der Waals surface area contributed by atoms with Gasteiger partial charge in [0.1, 0.15) is 16.4 Å². The molecule has 0 aliphatic heterocycles. The molecule has 0 bridgehead atoms. The summed E-state index contributed by atoms with van der Waals surface area (Å²) in [4.78, 5) is 4.30. The average Bonchev–Trinajstić information content (AvgIpc) is 2.78. The van der Waals surface area contributed by atoms with Gasteiger partial charge in [-0.1, -0.05) is 12.2 Å². The minimum atomic E-state index is 0.248. The molecule has 2 heterocycles. The molecule has 0 unspecified atom stereocenters. The van der Waals surface area contributed by atoms with E-state index in [1.165, 1.54) is 0 Å². The molecule has 0 atom stereocenters. The van der Waals surface area contributed by atoms with Crippen molar-refractivity contribution < 1.29 is 4.74 Å². The van der Waals surface area contributed by atoms with Crippen LogP contribution in [0.1, 0.15) is 25.6 Å². The maximum atomic E-state index is 5.66. The summed E-state index contributed by atoms with van der Waals surface area (Å²) < 4.78 is 7.49. The van der Waals surface area contributed by atoms with Gasteiger partial charge in [-0.15, -0.1) is 0 Å². The van der Waals surface area contributed by atoms with Gasteiger partial charge in [0.15, 0.2) is 5.75 Å². The van der Waals surface area contributed by atoms with Gasteiger partial charge in [0.25, 0.3) is 0 Å². The normalized spacial score (nSPS) is 10.6. The Morgan fingerprint density at radius 1 is 1.44 bits per heavy atom. The molecule has 0 radical (unpaired) electrons. The third kappa shape index (κ3) is 2.84. The molecule has 2 N–H and O–H groups in total. The topological polar surface area (TPSA) is 66.0 Å². The molecule has 2 aromatic rings. The highest BCUT2D eigenvalue weighted by atomic mass is 32.1. The van der Waals surface area contributed by atoms with E-state index in [2.05, 4.69) is 10.1 Å². The van der Waals surface area contributed by atoms with Gasteiger partial charge in [-0.3, -0.25) is 9.67 Å². The molecule has 0 saturated heterocycles. The fraction of sp³-hybridized carbons (Fsp3) is 0.250. The van der Waals surface area contributed by atoms with Crippen molar-refractivity contribution in [1.29, 1.82) is 0 Å². The number of rotatable bonds is 4. The first-order valence-corrected chi connectivity index (χ1v) is 5.95. The van der Waals surface area contributed by atoms with Crippen LogP contribution in [0.25, 0.3) is 0 Å². The summed E-state index contributed by atoms with van der Waals surface area (Å²) in [7, 11) is 0. The van der Waals surface area contributed by atoms with Crippen LogP contribution >= 0.6 is 12.2 Å². The van der Waals surface area contributed by atoms with Crippen LogP contribution in [0, 0.1) is 0 Å². The Balaban J connectivity index is 2.17. The highest BCUT2D eigenvalue weighted by Gasteiger charge is 2.05. The van der Waals surface area contributed by atoms with E-state index in [0.717, 1.165) is 0 Å². The molecule has 0 aliphatic rings. The number of hydrogen-bond acceptors (Lipinski definition) is 4. The number of thiocarbonyl (C=S) groups is 1. The van der Waals surface area contributed by atoms with E-state index in [0.29, 0.717) is 23.2 Å². The third-order valence-electron chi connectivity index (χ3n) is 2.33. The zero-order valence-corrected chi connectivity index (χ0v) is 11.0. The van der Waals surface area contributed by atoms with Crippen LogP contribution in [-0.2, 0) is 0 Å². The quantitative estimate of drug-likeness (QED) is 0.856. The summed E-state index contributed by atoms with van der Waals surface area (Å²) in [6, 6.07) is 3.75. The van der Waals surface area contributed by atoms with E-state index in [1.54, 1.807) is 24.5 Å². The van der Waals surface area contributed by atoms with Crippen LogP contribution in [0.5, 0.6) is 11.5 Å². The molecule has 2 aromatic heterocycles. The predicted octanol–water partition coefficient (Wildman–Crippen LogP) is 2.29. The van der Waals surface area contributed by atoms with Crippen LogP contribution in [0.2, 0.25) is 0 Å². The Bertz CT molecular complexity index is 565. The number of hydrogen-bond donors (Lipinski definition) is 1. The second-order valence-electron chi connectivity index (χ2n) is 4.09. The first-order valence-electron chi connectivity index (χ1n) is 5.54. The van der Waals surface area contributed by atoms with Crippen molar-refractivity contribution in [2.45, 2.75) is 19.9 Å². The van der Waals surface area contributed by atoms with Gasteiger partial charge in [0.2, 0.25) is 0 Å². The standard InChI is InChI=1S/C12H14N4OS/c1-8(2)16-7-10(6-15-16)17-9-3-4-14-11(5-9)12(13)18/h3-8H,1-2H3,(H2,13,18). The van der Waals surface area contributed by atoms with Gasteiger partial charge >= 0.3 is 0 Å². The van der Waals surface area contributed by atoms with Gasteiger partial charge in [-0.25, -0.2) is 0 Å². The highest BCUT2D eigenvalue weighted by molar-refractivity contribution is 7.80. The number of nitrogens with two attached hydrogens (primary N) is 1. The van der Waals surface area contributed by atoms with Crippen LogP contribution in [-0.4, -0.2) is 19.8 Å². The first kappa shape index (κ1) is 12.5. The SMILES string of the molecule is CC(C)n1cc(Oc2ccnc(C(N)=S)c2)cn1.